The number of carbonyl (C=O) groups is 1. The molecular weight excluding hydrogens is 337 g/mol. The minimum absolute atomic E-state index is 0.0471. The lowest BCUT2D eigenvalue weighted by molar-refractivity contribution is 0.0853. The molecule has 2 N–H and O–H groups in total. The fourth-order valence-electron chi connectivity index (χ4n) is 2.68. The third kappa shape index (κ3) is 2.59. The molecule has 0 bridgehead atoms. The van der Waals surface area contributed by atoms with Crippen LogP contribution in [0.15, 0.2) is 46.9 Å². The van der Waals surface area contributed by atoms with Crippen LogP contribution in [0, 0.1) is 5.82 Å². The Labute approximate surface area is 129 Å². The van der Waals surface area contributed by atoms with Crippen LogP contribution in [0.4, 0.5) is 4.39 Å². The Balaban J connectivity index is 1.89. The van der Waals surface area contributed by atoms with E-state index in [1.165, 1.54) is 12.1 Å². The van der Waals surface area contributed by atoms with Gasteiger partial charge in [0.2, 0.25) is 0 Å². The summed E-state index contributed by atoms with van der Waals surface area (Å²) in [5, 5.41) is 12.8. The molecule has 2 aromatic carbocycles. The molecule has 2 atom stereocenters. The maximum atomic E-state index is 13.8. The smallest absolute Gasteiger partial charge is 0.255 e. The molecular formula is C16H13BrFNO2. The second-order valence-corrected chi connectivity index (χ2v) is 5.87. The largest absolute Gasteiger partial charge is 0.390 e. The minimum atomic E-state index is -0.697. The van der Waals surface area contributed by atoms with Crippen LogP contribution in [0.3, 0.4) is 0 Å². The number of amides is 1. The average molecular weight is 350 g/mol. The van der Waals surface area contributed by atoms with E-state index in [0.29, 0.717) is 10.9 Å². The summed E-state index contributed by atoms with van der Waals surface area (Å²) < 4.78 is 14.2. The van der Waals surface area contributed by atoms with Gasteiger partial charge in [-0.1, -0.05) is 30.3 Å². The maximum absolute atomic E-state index is 13.8. The Morgan fingerprint density at radius 1 is 1.24 bits per heavy atom. The van der Waals surface area contributed by atoms with Gasteiger partial charge in [0.25, 0.3) is 5.91 Å². The van der Waals surface area contributed by atoms with Crippen molar-refractivity contribution >= 4 is 21.8 Å². The fraction of sp³-hybridized carbons (Fsp3) is 0.188. The molecule has 0 saturated carbocycles. The molecule has 0 radical (unpaired) electrons. The molecule has 1 aliphatic carbocycles. The maximum Gasteiger partial charge on any atom is 0.255 e. The van der Waals surface area contributed by atoms with Crippen LogP contribution in [-0.4, -0.2) is 17.1 Å². The SMILES string of the molecule is O=C(N[C@H]1c2ccccc2C[C@H]1O)c1c(F)cccc1Br. The number of rotatable bonds is 2. The zero-order chi connectivity index (χ0) is 15.0. The van der Waals surface area contributed by atoms with E-state index in [1.807, 2.05) is 24.3 Å². The molecule has 1 amide bonds. The van der Waals surface area contributed by atoms with Crippen molar-refractivity contribution in [2.75, 3.05) is 0 Å². The summed E-state index contributed by atoms with van der Waals surface area (Å²) in [5.74, 6) is -1.14. The zero-order valence-corrected chi connectivity index (χ0v) is 12.6. The zero-order valence-electron chi connectivity index (χ0n) is 11.0. The topological polar surface area (TPSA) is 49.3 Å². The molecule has 0 aromatic heterocycles. The van der Waals surface area contributed by atoms with Crippen LogP contribution in [0.5, 0.6) is 0 Å². The Bertz CT molecular complexity index is 684. The number of fused-ring (bicyclic) bond motifs is 1. The highest BCUT2D eigenvalue weighted by molar-refractivity contribution is 9.10. The van der Waals surface area contributed by atoms with Crippen LogP contribution in [0.1, 0.15) is 27.5 Å². The first-order valence-electron chi connectivity index (χ1n) is 6.58. The van der Waals surface area contributed by atoms with Crippen LogP contribution < -0.4 is 5.32 Å². The molecule has 0 aliphatic heterocycles. The van der Waals surface area contributed by atoms with Gasteiger partial charge in [-0.3, -0.25) is 4.79 Å². The van der Waals surface area contributed by atoms with E-state index in [9.17, 15) is 14.3 Å². The van der Waals surface area contributed by atoms with Crippen molar-refractivity contribution in [3.05, 3.63) is 69.4 Å². The van der Waals surface area contributed by atoms with Gasteiger partial charge >= 0.3 is 0 Å². The monoisotopic (exact) mass is 349 g/mol. The molecule has 1 aliphatic rings. The van der Waals surface area contributed by atoms with Crippen LogP contribution in [0.2, 0.25) is 0 Å². The normalized spacial score (nSPS) is 20.1. The van der Waals surface area contributed by atoms with E-state index in [2.05, 4.69) is 21.2 Å². The van der Waals surface area contributed by atoms with Crippen LogP contribution in [0.25, 0.3) is 0 Å². The predicted molar refractivity (Wildman–Crippen MR) is 80.5 cm³/mol. The molecule has 0 heterocycles. The van der Waals surface area contributed by atoms with Gasteiger partial charge in [-0.15, -0.1) is 0 Å². The number of carbonyl (C=O) groups excluding carboxylic acids is 1. The van der Waals surface area contributed by atoms with Crippen molar-refractivity contribution in [1.29, 1.82) is 0 Å². The first kappa shape index (κ1) is 14.2. The molecule has 3 nitrogen and oxygen atoms in total. The first-order valence-corrected chi connectivity index (χ1v) is 7.38. The van der Waals surface area contributed by atoms with Gasteiger partial charge in [0, 0.05) is 10.9 Å². The third-order valence-electron chi connectivity index (χ3n) is 3.68. The van der Waals surface area contributed by atoms with E-state index in [0.717, 1.165) is 11.1 Å². The third-order valence-corrected chi connectivity index (χ3v) is 4.34. The van der Waals surface area contributed by atoms with Crippen molar-refractivity contribution in [3.63, 3.8) is 0 Å². The van der Waals surface area contributed by atoms with Crippen molar-refractivity contribution in [1.82, 2.24) is 5.32 Å². The number of aliphatic hydroxyl groups is 1. The number of hydrogen-bond donors (Lipinski definition) is 2. The summed E-state index contributed by atoms with van der Waals surface area (Å²) >= 11 is 3.18. The highest BCUT2D eigenvalue weighted by Crippen LogP contribution is 2.32. The fourth-order valence-corrected chi connectivity index (χ4v) is 3.20. The molecule has 3 rings (SSSR count). The van der Waals surface area contributed by atoms with Crippen molar-refractivity contribution < 1.29 is 14.3 Å². The molecule has 0 saturated heterocycles. The van der Waals surface area contributed by atoms with Crippen LogP contribution in [-0.2, 0) is 6.42 Å². The van der Waals surface area contributed by atoms with E-state index < -0.39 is 23.9 Å². The van der Waals surface area contributed by atoms with Crippen molar-refractivity contribution in [2.45, 2.75) is 18.6 Å². The average Bonchev–Trinajstić information content (AvgIpc) is 2.75. The lowest BCUT2D eigenvalue weighted by Crippen LogP contribution is -2.34. The van der Waals surface area contributed by atoms with Gasteiger partial charge in [0.15, 0.2) is 0 Å². The molecule has 0 spiro atoms. The minimum Gasteiger partial charge on any atom is -0.390 e. The highest BCUT2D eigenvalue weighted by Gasteiger charge is 2.32. The van der Waals surface area contributed by atoms with E-state index >= 15 is 0 Å². The van der Waals surface area contributed by atoms with E-state index in [-0.39, 0.29) is 5.56 Å². The van der Waals surface area contributed by atoms with Gasteiger partial charge in [-0.05, 0) is 39.2 Å². The van der Waals surface area contributed by atoms with Gasteiger partial charge in [-0.25, -0.2) is 4.39 Å². The van der Waals surface area contributed by atoms with Gasteiger partial charge in [0.05, 0.1) is 17.7 Å². The quantitative estimate of drug-likeness (QED) is 0.875. The lowest BCUT2D eigenvalue weighted by Gasteiger charge is -2.18. The van der Waals surface area contributed by atoms with E-state index in [1.54, 1.807) is 6.07 Å². The highest BCUT2D eigenvalue weighted by atomic mass is 79.9. The Morgan fingerprint density at radius 2 is 2.00 bits per heavy atom. The molecule has 0 unspecified atom stereocenters. The molecule has 0 fully saturated rings. The van der Waals surface area contributed by atoms with Crippen molar-refractivity contribution in [2.24, 2.45) is 0 Å². The second-order valence-electron chi connectivity index (χ2n) is 5.02. The molecule has 5 heteroatoms. The number of nitrogens with one attached hydrogen (secondary N) is 1. The van der Waals surface area contributed by atoms with E-state index in [4.69, 9.17) is 0 Å². The van der Waals surface area contributed by atoms with Gasteiger partial charge in [-0.2, -0.15) is 0 Å². The Hall–Kier alpha value is -1.72. The summed E-state index contributed by atoms with van der Waals surface area (Å²) in [6.45, 7) is 0. The molecule has 21 heavy (non-hydrogen) atoms. The van der Waals surface area contributed by atoms with Gasteiger partial charge in [0.1, 0.15) is 5.82 Å². The molecule has 108 valence electrons. The Morgan fingerprint density at radius 3 is 2.76 bits per heavy atom. The number of benzene rings is 2. The van der Waals surface area contributed by atoms with Crippen molar-refractivity contribution in [3.8, 4) is 0 Å². The van der Waals surface area contributed by atoms with Gasteiger partial charge < -0.3 is 10.4 Å². The summed E-state index contributed by atoms with van der Waals surface area (Å²) in [6.07, 6.45) is -0.212. The number of hydrogen-bond acceptors (Lipinski definition) is 2. The molecule has 2 aromatic rings. The number of aliphatic hydroxyl groups excluding tert-OH is 1. The summed E-state index contributed by atoms with van der Waals surface area (Å²) in [4.78, 5) is 12.3. The first-order chi connectivity index (χ1) is 10.1. The van der Waals surface area contributed by atoms with Crippen LogP contribution >= 0.6 is 15.9 Å². The Kier molecular flexibility index (Phi) is 3.78. The second kappa shape index (κ2) is 5.58. The predicted octanol–water partition coefficient (Wildman–Crippen LogP) is 2.98. The standard InChI is InChI=1S/C16H13BrFNO2/c17-11-6-3-7-12(18)14(11)16(21)19-15-10-5-2-1-4-9(10)8-13(15)20/h1-7,13,15,20H,8H2,(H,19,21)/t13-,15+/m1/s1. The summed E-state index contributed by atoms with van der Waals surface area (Å²) in [5.41, 5.74) is 1.84. The summed E-state index contributed by atoms with van der Waals surface area (Å²) in [7, 11) is 0. The summed E-state index contributed by atoms with van der Waals surface area (Å²) in [6, 6.07) is 11.4. The number of halogens is 2. The lowest BCUT2D eigenvalue weighted by atomic mass is 10.1.